The number of nitrogens with zero attached hydrogens (tertiary/aromatic N) is 1. The van der Waals surface area contributed by atoms with Gasteiger partial charge in [-0.2, -0.15) is 0 Å². The Morgan fingerprint density at radius 1 is 1.37 bits per heavy atom. The molecular formula is C16H24N2O. The van der Waals surface area contributed by atoms with Gasteiger partial charge in [0.05, 0.1) is 6.04 Å². The summed E-state index contributed by atoms with van der Waals surface area (Å²) in [4.78, 5) is 14.6. The molecule has 0 bridgehead atoms. The van der Waals surface area contributed by atoms with Gasteiger partial charge in [0.25, 0.3) is 0 Å². The average molecular weight is 260 g/mol. The molecule has 19 heavy (non-hydrogen) atoms. The van der Waals surface area contributed by atoms with E-state index in [4.69, 9.17) is 0 Å². The molecule has 0 spiro atoms. The number of hydrogen-bond donors (Lipinski definition) is 1. The minimum absolute atomic E-state index is 0.0111. The first-order valence-corrected chi connectivity index (χ1v) is 7.34. The van der Waals surface area contributed by atoms with Crippen molar-refractivity contribution in [2.24, 2.45) is 0 Å². The van der Waals surface area contributed by atoms with Crippen LogP contribution >= 0.6 is 0 Å². The summed E-state index contributed by atoms with van der Waals surface area (Å²) in [6.45, 7) is 5.78. The molecule has 1 heterocycles. The first kappa shape index (κ1) is 14.1. The number of aryl methyl sites for hydroxylation is 1. The van der Waals surface area contributed by atoms with E-state index in [9.17, 15) is 4.79 Å². The number of anilines is 1. The molecule has 1 atom stereocenters. The van der Waals surface area contributed by atoms with E-state index in [1.807, 2.05) is 24.0 Å². The molecular weight excluding hydrogens is 236 g/mol. The molecule has 1 aliphatic rings. The third-order valence-electron chi connectivity index (χ3n) is 3.75. The van der Waals surface area contributed by atoms with Crippen molar-refractivity contribution in [3.63, 3.8) is 0 Å². The Labute approximate surface area is 116 Å². The summed E-state index contributed by atoms with van der Waals surface area (Å²) in [5, 5.41) is 3.39. The van der Waals surface area contributed by atoms with Gasteiger partial charge in [0.15, 0.2) is 0 Å². The van der Waals surface area contributed by atoms with Crippen molar-refractivity contribution >= 4 is 11.6 Å². The second-order valence-corrected chi connectivity index (χ2v) is 5.28. The lowest BCUT2D eigenvalue weighted by molar-refractivity contribution is -0.120. The first-order chi connectivity index (χ1) is 9.22. The zero-order valence-electron chi connectivity index (χ0n) is 12.0. The fourth-order valence-corrected chi connectivity index (χ4v) is 2.69. The van der Waals surface area contributed by atoms with Crippen molar-refractivity contribution in [3.05, 3.63) is 29.8 Å². The van der Waals surface area contributed by atoms with Crippen molar-refractivity contribution in [2.75, 3.05) is 18.0 Å². The zero-order chi connectivity index (χ0) is 13.7. The number of carbonyl (C=O) groups is 1. The van der Waals surface area contributed by atoms with Crippen LogP contribution in [0, 0.1) is 6.92 Å². The molecule has 1 saturated heterocycles. The SMILES string of the molecule is CCN(C(=O)C1CCCCCN1)c1cccc(C)c1. The highest BCUT2D eigenvalue weighted by atomic mass is 16.2. The van der Waals surface area contributed by atoms with E-state index >= 15 is 0 Å². The van der Waals surface area contributed by atoms with E-state index in [-0.39, 0.29) is 11.9 Å². The van der Waals surface area contributed by atoms with Crippen molar-refractivity contribution in [3.8, 4) is 0 Å². The monoisotopic (exact) mass is 260 g/mol. The fraction of sp³-hybridized carbons (Fsp3) is 0.562. The number of likely N-dealkylation sites (N-methyl/N-ethyl adjacent to an activating group) is 1. The predicted molar refractivity (Wildman–Crippen MR) is 79.5 cm³/mol. The van der Waals surface area contributed by atoms with Crippen molar-refractivity contribution < 1.29 is 4.79 Å². The van der Waals surface area contributed by atoms with Gasteiger partial charge in [-0.3, -0.25) is 4.79 Å². The Bertz CT molecular complexity index is 423. The van der Waals surface area contributed by atoms with Gasteiger partial charge >= 0.3 is 0 Å². The molecule has 1 aliphatic heterocycles. The molecule has 1 aromatic rings. The Kier molecular flexibility index (Phi) is 4.97. The van der Waals surface area contributed by atoms with Gasteiger partial charge in [-0.1, -0.05) is 25.0 Å². The van der Waals surface area contributed by atoms with Gasteiger partial charge in [-0.15, -0.1) is 0 Å². The minimum atomic E-state index is -0.0111. The smallest absolute Gasteiger partial charge is 0.244 e. The molecule has 3 heteroatoms. The van der Waals surface area contributed by atoms with Crippen LogP contribution in [0.25, 0.3) is 0 Å². The lowest BCUT2D eigenvalue weighted by Crippen LogP contribution is -2.46. The van der Waals surface area contributed by atoms with Crippen LogP contribution < -0.4 is 10.2 Å². The average Bonchev–Trinajstić information content (AvgIpc) is 2.68. The van der Waals surface area contributed by atoms with Gasteiger partial charge in [0, 0.05) is 12.2 Å². The van der Waals surface area contributed by atoms with E-state index in [1.165, 1.54) is 18.4 Å². The van der Waals surface area contributed by atoms with E-state index < -0.39 is 0 Å². The number of amides is 1. The van der Waals surface area contributed by atoms with Crippen LogP contribution in [0.5, 0.6) is 0 Å². The van der Waals surface area contributed by atoms with Crippen LogP contribution in [0.2, 0.25) is 0 Å². The first-order valence-electron chi connectivity index (χ1n) is 7.34. The summed E-state index contributed by atoms with van der Waals surface area (Å²) >= 11 is 0. The van der Waals surface area contributed by atoms with Gasteiger partial charge in [-0.05, 0) is 50.9 Å². The van der Waals surface area contributed by atoms with Gasteiger partial charge in [0.2, 0.25) is 5.91 Å². The number of nitrogens with one attached hydrogen (secondary N) is 1. The molecule has 3 nitrogen and oxygen atoms in total. The second-order valence-electron chi connectivity index (χ2n) is 5.28. The summed E-state index contributed by atoms with van der Waals surface area (Å²) in [5.74, 6) is 0.218. The van der Waals surface area contributed by atoms with E-state index in [1.54, 1.807) is 0 Å². The summed E-state index contributed by atoms with van der Waals surface area (Å²) in [6.07, 6.45) is 4.52. The van der Waals surface area contributed by atoms with Crippen LogP contribution in [-0.4, -0.2) is 25.0 Å². The maximum absolute atomic E-state index is 12.7. The molecule has 0 saturated carbocycles. The summed E-state index contributed by atoms with van der Waals surface area (Å²) in [6, 6.07) is 8.17. The number of hydrogen-bond acceptors (Lipinski definition) is 2. The van der Waals surface area contributed by atoms with E-state index in [2.05, 4.69) is 24.4 Å². The second kappa shape index (κ2) is 6.71. The lowest BCUT2D eigenvalue weighted by Gasteiger charge is -2.26. The van der Waals surface area contributed by atoms with Crippen LogP contribution in [0.15, 0.2) is 24.3 Å². The third-order valence-corrected chi connectivity index (χ3v) is 3.75. The lowest BCUT2D eigenvalue weighted by atomic mass is 10.1. The molecule has 2 rings (SSSR count). The number of carbonyl (C=O) groups excluding carboxylic acids is 1. The van der Waals surface area contributed by atoms with Crippen LogP contribution in [0.1, 0.15) is 38.2 Å². The molecule has 1 fully saturated rings. The van der Waals surface area contributed by atoms with Crippen molar-refractivity contribution in [1.82, 2.24) is 5.32 Å². The van der Waals surface area contributed by atoms with E-state index in [0.717, 1.165) is 31.6 Å². The largest absolute Gasteiger partial charge is 0.311 e. The molecule has 0 aromatic heterocycles. The Morgan fingerprint density at radius 3 is 2.95 bits per heavy atom. The Balaban J connectivity index is 2.14. The normalized spacial score (nSPS) is 19.8. The molecule has 104 valence electrons. The van der Waals surface area contributed by atoms with E-state index in [0.29, 0.717) is 0 Å². The van der Waals surface area contributed by atoms with Gasteiger partial charge in [0.1, 0.15) is 0 Å². The van der Waals surface area contributed by atoms with Crippen LogP contribution in [-0.2, 0) is 4.79 Å². The quantitative estimate of drug-likeness (QED) is 0.906. The maximum atomic E-state index is 12.7. The molecule has 0 aliphatic carbocycles. The predicted octanol–water partition coefficient (Wildman–Crippen LogP) is 2.88. The Morgan fingerprint density at radius 2 is 2.21 bits per heavy atom. The van der Waals surface area contributed by atoms with Crippen molar-refractivity contribution in [1.29, 1.82) is 0 Å². The topological polar surface area (TPSA) is 32.3 Å². The highest BCUT2D eigenvalue weighted by Gasteiger charge is 2.24. The summed E-state index contributed by atoms with van der Waals surface area (Å²) in [7, 11) is 0. The van der Waals surface area contributed by atoms with Crippen LogP contribution in [0.3, 0.4) is 0 Å². The fourth-order valence-electron chi connectivity index (χ4n) is 2.69. The molecule has 0 radical (unpaired) electrons. The minimum Gasteiger partial charge on any atom is -0.311 e. The third kappa shape index (κ3) is 3.57. The van der Waals surface area contributed by atoms with Crippen LogP contribution in [0.4, 0.5) is 5.69 Å². The standard InChI is InChI=1S/C16H24N2O/c1-3-18(14-9-7-8-13(2)12-14)16(19)15-10-5-4-6-11-17-15/h7-9,12,15,17H,3-6,10-11H2,1-2H3. The number of benzene rings is 1. The van der Waals surface area contributed by atoms with Gasteiger partial charge in [-0.25, -0.2) is 0 Å². The highest BCUT2D eigenvalue weighted by Crippen LogP contribution is 2.19. The summed E-state index contributed by atoms with van der Waals surface area (Å²) < 4.78 is 0. The highest BCUT2D eigenvalue weighted by molar-refractivity contribution is 5.97. The maximum Gasteiger partial charge on any atom is 0.244 e. The van der Waals surface area contributed by atoms with Crippen molar-refractivity contribution in [2.45, 2.75) is 45.6 Å². The molecule has 1 aromatic carbocycles. The number of rotatable bonds is 3. The zero-order valence-corrected chi connectivity index (χ0v) is 12.0. The molecule has 1 amide bonds. The van der Waals surface area contributed by atoms with Gasteiger partial charge < -0.3 is 10.2 Å². The molecule has 1 unspecified atom stereocenters. The summed E-state index contributed by atoms with van der Waals surface area (Å²) in [5.41, 5.74) is 2.20. The Hall–Kier alpha value is -1.35. The molecule has 1 N–H and O–H groups in total.